The first-order chi connectivity index (χ1) is 7.15. The number of thiocarbonyl (C=S) groups is 1. The number of benzene rings is 1. The van der Waals surface area contributed by atoms with Crippen LogP contribution in [0.2, 0.25) is 0 Å². The van der Waals surface area contributed by atoms with Crippen LogP contribution in [0.3, 0.4) is 0 Å². The fourth-order valence-corrected chi connectivity index (χ4v) is 1.44. The second-order valence-electron chi connectivity index (χ2n) is 3.13. The van der Waals surface area contributed by atoms with E-state index in [4.69, 9.17) is 12.2 Å². The van der Waals surface area contributed by atoms with Gasteiger partial charge in [0.05, 0.1) is 0 Å². The quantitative estimate of drug-likeness (QED) is 0.747. The summed E-state index contributed by atoms with van der Waals surface area (Å²) in [6, 6.07) is 7.40. The summed E-state index contributed by atoms with van der Waals surface area (Å²) < 4.78 is 0. The summed E-state index contributed by atoms with van der Waals surface area (Å²) in [7, 11) is 0. The molecule has 0 aliphatic heterocycles. The molecule has 0 saturated heterocycles. The van der Waals surface area contributed by atoms with Gasteiger partial charge in [0.1, 0.15) is 0 Å². The van der Waals surface area contributed by atoms with Gasteiger partial charge in [-0.2, -0.15) is 0 Å². The molecule has 0 aliphatic carbocycles. The topological polar surface area (TPSA) is 41.1 Å². The first kappa shape index (κ1) is 11.7. The molecule has 4 heteroatoms. The van der Waals surface area contributed by atoms with Crippen molar-refractivity contribution in [1.29, 1.82) is 0 Å². The molecule has 0 aliphatic rings. The summed E-state index contributed by atoms with van der Waals surface area (Å²) in [6.45, 7) is 4.52. The average Bonchev–Trinajstić information content (AvgIpc) is 2.18. The normalized spacial score (nSPS) is 9.47. The van der Waals surface area contributed by atoms with Crippen LogP contribution >= 0.6 is 12.2 Å². The summed E-state index contributed by atoms with van der Waals surface area (Å²) in [4.78, 5) is 11.7. The molecule has 1 rings (SSSR count). The molecule has 0 unspecified atom stereocenters. The number of carbonyl (C=O) groups is 1. The van der Waals surface area contributed by atoms with Crippen molar-refractivity contribution in [2.24, 2.45) is 0 Å². The molecule has 2 N–H and O–H groups in total. The van der Waals surface area contributed by atoms with Gasteiger partial charge >= 0.3 is 0 Å². The van der Waals surface area contributed by atoms with E-state index < -0.39 is 0 Å². The Hall–Kier alpha value is -1.42. The standard InChI is InChI=1S/C11H14N2OS/c1-3-12-11(15)13-10(14)9-7-5-4-6-8(9)2/h4-7H,3H2,1-2H3,(H2,12,13,14,15). The zero-order chi connectivity index (χ0) is 11.3. The molecule has 1 aromatic carbocycles. The lowest BCUT2D eigenvalue weighted by Gasteiger charge is -2.08. The smallest absolute Gasteiger partial charge is 0.257 e. The zero-order valence-electron chi connectivity index (χ0n) is 8.83. The first-order valence-corrected chi connectivity index (χ1v) is 5.20. The van der Waals surface area contributed by atoms with Gasteiger partial charge in [0.2, 0.25) is 0 Å². The minimum Gasteiger partial charge on any atom is -0.363 e. The van der Waals surface area contributed by atoms with Gasteiger partial charge in [0.25, 0.3) is 5.91 Å². The van der Waals surface area contributed by atoms with E-state index in [1.807, 2.05) is 32.0 Å². The Labute approximate surface area is 94.9 Å². The molecule has 0 atom stereocenters. The molecule has 0 radical (unpaired) electrons. The Morgan fingerprint density at radius 3 is 2.67 bits per heavy atom. The van der Waals surface area contributed by atoms with Gasteiger partial charge in [-0.05, 0) is 37.7 Å². The predicted molar refractivity (Wildman–Crippen MR) is 64.9 cm³/mol. The minimum absolute atomic E-state index is 0.168. The van der Waals surface area contributed by atoms with Gasteiger partial charge in [-0.3, -0.25) is 10.1 Å². The molecule has 0 aromatic heterocycles. The molecule has 0 saturated carbocycles. The van der Waals surface area contributed by atoms with Crippen molar-refractivity contribution in [2.45, 2.75) is 13.8 Å². The lowest BCUT2D eigenvalue weighted by atomic mass is 10.1. The molecular formula is C11H14N2OS. The molecule has 0 bridgehead atoms. The highest BCUT2D eigenvalue weighted by atomic mass is 32.1. The number of aryl methyl sites for hydroxylation is 1. The zero-order valence-corrected chi connectivity index (χ0v) is 9.65. The molecule has 1 amide bonds. The van der Waals surface area contributed by atoms with Gasteiger partial charge in [0.15, 0.2) is 5.11 Å². The molecule has 0 spiro atoms. The van der Waals surface area contributed by atoms with E-state index in [9.17, 15) is 4.79 Å². The van der Waals surface area contributed by atoms with Crippen LogP contribution < -0.4 is 10.6 Å². The highest BCUT2D eigenvalue weighted by molar-refractivity contribution is 7.80. The van der Waals surface area contributed by atoms with Crippen molar-refractivity contribution >= 4 is 23.2 Å². The number of hydrogen-bond acceptors (Lipinski definition) is 2. The van der Waals surface area contributed by atoms with E-state index in [0.29, 0.717) is 17.2 Å². The fraction of sp³-hybridized carbons (Fsp3) is 0.273. The van der Waals surface area contributed by atoms with Gasteiger partial charge in [-0.15, -0.1) is 0 Å². The van der Waals surface area contributed by atoms with Gasteiger partial charge < -0.3 is 5.32 Å². The maximum Gasteiger partial charge on any atom is 0.257 e. The number of rotatable bonds is 2. The van der Waals surface area contributed by atoms with Crippen LogP contribution in [0.4, 0.5) is 0 Å². The third-order valence-corrected chi connectivity index (χ3v) is 2.20. The second kappa shape index (κ2) is 5.46. The Bertz CT molecular complexity index is 377. The molecular weight excluding hydrogens is 208 g/mol. The Morgan fingerprint density at radius 1 is 1.40 bits per heavy atom. The maximum atomic E-state index is 11.7. The van der Waals surface area contributed by atoms with E-state index in [1.54, 1.807) is 6.07 Å². The van der Waals surface area contributed by atoms with E-state index in [2.05, 4.69) is 10.6 Å². The van der Waals surface area contributed by atoms with E-state index >= 15 is 0 Å². The summed E-state index contributed by atoms with van der Waals surface area (Å²) >= 11 is 4.93. The van der Waals surface area contributed by atoms with Crippen LogP contribution in [0, 0.1) is 6.92 Å². The minimum atomic E-state index is -0.168. The average molecular weight is 222 g/mol. The largest absolute Gasteiger partial charge is 0.363 e. The monoisotopic (exact) mass is 222 g/mol. The molecule has 0 heterocycles. The van der Waals surface area contributed by atoms with E-state index in [-0.39, 0.29) is 5.91 Å². The van der Waals surface area contributed by atoms with Crippen LogP contribution in [-0.2, 0) is 0 Å². The highest BCUT2D eigenvalue weighted by Gasteiger charge is 2.08. The van der Waals surface area contributed by atoms with Crippen molar-refractivity contribution in [3.05, 3.63) is 35.4 Å². The lowest BCUT2D eigenvalue weighted by molar-refractivity contribution is 0.0976. The number of amides is 1. The third kappa shape index (κ3) is 3.32. The number of hydrogen-bond donors (Lipinski definition) is 2. The van der Waals surface area contributed by atoms with Gasteiger partial charge in [-0.25, -0.2) is 0 Å². The predicted octanol–water partition coefficient (Wildman–Crippen LogP) is 1.62. The summed E-state index contributed by atoms with van der Waals surface area (Å²) in [6.07, 6.45) is 0. The molecule has 0 fully saturated rings. The maximum absolute atomic E-state index is 11.7. The van der Waals surface area contributed by atoms with Crippen LogP contribution in [0.25, 0.3) is 0 Å². The van der Waals surface area contributed by atoms with Gasteiger partial charge in [0, 0.05) is 12.1 Å². The van der Waals surface area contributed by atoms with Gasteiger partial charge in [-0.1, -0.05) is 18.2 Å². The van der Waals surface area contributed by atoms with Crippen molar-refractivity contribution in [3.8, 4) is 0 Å². The second-order valence-corrected chi connectivity index (χ2v) is 3.54. The molecule has 3 nitrogen and oxygen atoms in total. The van der Waals surface area contributed by atoms with E-state index in [0.717, 1.165) is 5.56 Å². The van der Waals surface area contributed by atoms with E-state index in [1.165, 1.54) is 0 Å². The van der Waals surface area contributed by atoms with Crippen molar-refractivity contribution in [1.82, 2.24) is 10.6 Å². The Kier molecular flexibility index (Phi) is 4.24. The van der Waals surface area contributed by atoms with Crippen LogP contribution in [0.15, 0.2) is 24.3 Å². The Morgan fingerprint density at radius 2 is 2.07 bits per heavy atom. The fourth-order valence-electron chi connectivity index (χ4n) is 1.20. The third-order valence-electron chi connectivity index (χ3n) is 1.95. The van der Waals surface area contributed by atoms with Crippen molar-refractivity contribution < 1.29 is 4.79 Å². The molecule has 15 heavy (non-hydrogen) atoms. The van der Waals surface area contributed by atoms with Crippen LogP contribution in [0.1, 0.15) is 22.8 Å². The van der Waals surface area contributed by atoms with Crippen LogP contribution in [0.5, 0.6) is 0 Å². The summed E-state index contributed by atoms with van der Waals surface area (Å²) in [5.74, 6) is -0.168. The van der Waals surface area contributed by atoms with Crippen LogP contribution in [-0.4, -0.2) is 17.6 Å². The number of nitrogens with one attached hydrogen (secondary N) is 2. The van der Waals surface area contributed by atoms with Crippen molar-refractivity contribution in [2.75, 3.05) is 6.54 Å². The summed E-state index contributed by atoms with van der Waals surface area (Å²) in [5.41, 5.74) is 1.59. The summed E-state index contributed by atoms with van der Waals surface area (Å²) in [5, 5.41) is 5.85. The molecule has 1 aromatic rings. The van der Waals surface area contributed by atoms with Crippen molar-refractivity contribution in [3.63, 3.8) is 0 Å². The Balaban J connectivity index is 2.70. The number of carbonyl (C=O) groups excluding carboxylic acids is 1. The lowest BCUT2D eigenvalue weighted by Crippen LogP contribution is -2.39. The highest BCUT2D eigenvalue weighted by Crippen LogP contribution is 2.06. The molecule has 80 valence electrons. The first-order valence-electron chi connectivity index (χ1n) is 4.80. The SMILES string of the molecule is CCNC(=S)NC(=O)c1ccccc1C.